The molecular weight excluding hydrogens is 1690 g/mol. The highest BCUT2D eigenvalue weighted by atomic mass is 14.3. The normalized spacial score (nSPS) is 14.3. The molecule has 0 saturated heterocycles. The predicted octanol–water partition coefficient (Wildman–Crippen LogP) is 35.4. The molecule has 0 aromatic heterocycles. The molecule has 684 valence electrons. The smallest absolute Gasteiger partial charge is 0.0166 e. The Morgan fingerprint density at radius 1 is 0.163 bits per heavy atom. The first-order valence-electron chi connectivity index (χ1n) is 51.2. The Balaban J connectivity index is 0.0000000922. The molecule has 0 heterocycles. The first kappa shape index (κ1) is 91.5. The quantitative estimate of drug-likeness (QED) is 0.0806. The molecular formula is C141H120. The molecule has 0 nitrogen and oxygen atoms in total. The van der Waals surface area contributed by atoms with Crippen molar-refractivity contribution in [2.45, 2.75) is 116 Å². The third-order valence-electron chi connectivity index (χ3n) is 29.6. The molecule has 20 aromatic rings. The lowest BCUT2D eigenvalue weighted by Crippen LogP contribution is -2.06. The van der Waals surface area contributed by atoms with Crippen molar-refractivity contribution in [1.82, 2.24) is 0 Å². The number of hydrogen-bond acceptors (Lipinski definition) is 0. The zero-order chi connectivity index (χ0) is 94.5. The molecule has 1 atom stereocenters. The third-order valence-corrected chi connectivity index (χ3v) is 29.6. The largest absolute Gasteiger partial charge is 0.0835 e. The number of hydrogen-bond donors (Lipinski definition) is 0. The fraction of sp³-hybridized carbons (Fsp3) is 0.135. The van der Waals surface area contributed by atoms with Gasteiger partial charge in [-0.25, -0.2) is 0 Å². The minimum Gasteiger partial charge on any atom is -0.0835 e. The minimum absolute atomic E-state index is 0.676. The summed E-state index contributed by atoms with van der Waals surface area (Å²) >= 11 is 0. The van der Waals surface area contributed by atoms with Crippen molar-refractivity contribution in [2.24, 2.45) is 5.92 Å². The molecule has 0 bridgehead atoms. The maximum Gasteiger partial charge on any atom is 0.0166 e. The summed E-state index contributed by atoms with van der Waals surface area (Å²) in [6.07, 6.45) is 46.2. The van der Waals surface area contributed by atoms with Crippen LogP contribution in [0.5, 0.6) is 0 Å². The molecule has 0 radical (unpaired) electrons. The standard InChI is InChI=1S/C15H14.C15H12.C14H12.C14H10.C14H12.C14H10.C13H10.C12H14.C12H10.C10H8.C8H8/c2*1-3-7-14-11-15-8-4-2-6-13(15)10-9-12(14)5-1;2*1-3-7-13-11(5-1)9-10-12-6-2-4-8-14(12)13;2*1-2-6-12-10-14-8-4-3-7-13(14)9-11(12)5-1;1-3-7-12-10(5-1)9-11-6-2-4-8-13(11)12;2*1-3-9-7-11-5-2-6-12(11)8-10(9)4-1;1-2-6-10-8-4-3-7-9(10)5-1;1-3-7-5-2-6-8(7)4-1/h1-8H,9-11H2;1-10H,11H2;1-8H,9-10H2;1-10H;1-8H,9-10H2;1-10H;1-8H,9H2;7-8H,1-6H2;1-3,6-8H,4-5H2;1-8H;1-5,7H,6H2. The van der Waals surface area contributed by atoms with Gasteiger partial charge in [-0.05, 0) is 337 Å². The van der Waals surface area contributed by atoms with Gasteiger partial charge in [0.25, 0.3) is 0 Å². The Bertz CT molecular complexity index is 7450. The van der Waals surface area contributed by atoms with Gasteiger partial charge in [0.2, 0.25) is 0 Å². The topological polar surface area (TPSA) is 0 Å². The maximum atomic E-state index is 2.48. The van der Waals surface area contributed by atoms with Gasteiger partial charge in [0.15, 0.2) is 0 Å². The molecule has 31 rings (SSSR count). The number of rotatable bonds is 0. The summed E-state index contributed by atoms with van der Waals surface area (Å²) in [5, 5.41) is 13.2. The van der Waals surface area contributed by atoms with Crippen LogP contribution in [-0.4, -0.2) is 0 Å². The number of allylic oxidation sites excluding steroid dienone is 8. The van der Waals surface area contributed by atoms with Crippen LogP contribution in [0, 0.1) is 5.92 Å². The van der Waals surface area contributed by atoms with Crippen LogP contribution in [0.3, 0.4) is 0 Å². The zero-order valence-corrected chi connectivity index (χ0v) is 80.7. The fourth-order valence-electron chi connectivity index (χ4n) is 22.0. The molecule has 20 aromatic carbocycles. The van der Waals surface area contributed by atoms with E-state index >= 15 is 0 Å². The Labute approximate surface area is 834 Å². The third kappa shape index (κ3) is 22.3. The molecule has 0 aliphatic heterocycles. The van der Waals surface area contributed by atoms with Crippen LogP contribution < -0.4 is 0 Å². The first-order chi connectivity index (χ1) is 69.9. The van der Waals surface area contributed by atoms with Gasteiger partial charge in [0, 0.05) is 5.92 Å². The second-order valence-electron chi connectivity index (χ2n) is 38.6. The molecule has 0 heteroatoms. The van der Waals surface area contributed by atoms with Gasteiger partial charge in [-0.3, -0.25) is 0 Å². The first-order valence-corrected chi connectivity index (χ1v) is 51.2. The van der Waals surface area contributed by atoms with E-state index in [0.717, 1.165) is 44.9 Å². The molecule has 0 fully saturated rings. The van der Waals surface area contributed by atoms with Gasteiger partial charge >= 0.3 is 0 Å². The lowest BCUT2D eigenvalue weighted by Gasteiger charge is -2.19. The molecule has 141 heavy (non-hydrogen) atoms. The van der Waals surface area contributed by atoms with E-state index in [1.807, 2.05) is 0 Å². The van der Waals surface area contributed by atoms with Crippen LogP contribution >= 0.6 is 0 Å². The highest BCUT2D eigenvalue weighted by Gasteiger charge is 2.22. The van der Waals surface area contributed by atoms with Gasteiger partial charge in [0.05, 0.1) is 0 Å². The van der Waals surface area contributed by atoms with Gasteiger partial charge in [-0.15, -0.1) is 0 Å². The van der Waals surface area contributed by atoms with Crippen molar-refractivity contribution < 1.29 is 0 Å². The Kier molecular flexibility index (Phi) is 29.0. The molecule has 1 unspecified atom stereocenters. The van der Waals surface area contributed by atoms with Gasteiger partial charge in [-0.1, -0.05) is 497 Å². The van der Waals surface area contributed by atoms with E-state index < -0.39 is 0 Å². The Hall–Kier alpha value is -15.9. The minimum atomic E-state index is 0.676. The lowest BCUT2D eigenvalue weighted by molar-refractivity contribution is 0.897. The van der Waals surface area contributed by atoms with E-state index in [9.17, 15) is 0 Å². The van der Waals surface area contributed by atoms with Crippen LogP contribution in [0.25, 0.3) is 100 Å². The highest BCUT2D eigenvalue weighted by Crippen LogP contribution is 2.39. The summed E-state index contributed by atoms with van der Waals surface area (Å²) in [6.45, 7) is 0. The Morgan fingerprint density at radius 2 is 0.447 bits per heavy atom. The van der Waals surface area contributed by atoms with Crippen molar-refractivity contribution in [2.75, 3.05) is 0 Å². The van der Waals surface area contributed by atoms with E-state index in [-0.39, 0.29) is 0 Å². The van der Waals surface area contributed by atoms with Crippen molar-refractivity contribution in [1.29, 1.82) is 0 Å². The second-order valence-corrected chi connectivity index (χ2v) is 38.6. The Morgan fingerprint density at radius 3 is 0.830 bits per heavy atom. The molecule has 0 saturated carbocycles. The lowest BCUT2D eigenvalue weighted by atomic mass is 9.86. The summed E-state index contributed by atoms with van der Waals surface area (Å²) in [7, 11) is 0. The monoisotopic (exact) mass is 1810 g/mol. The van der Waals surface area contributed by atoms with E-state index in [2.05, 4.69) is 504 Å². The van der Waals surface area contributed by atoms with Crippen molar-refractivity contribution in [3.05, 3.63) is 618 Å². The van der Waals surface area contributed by atoms with Crippen LogP contribution in [0.15, 0.2) is 485 Å². The predicted molar refractivity (Wildman–Crippen MR) is 604 cm³/mol. The molecule has 0 spiro atoms. The number of aryl methyl sites for hydroxylation is 8. The summed E-state index contributed by atoms with van der Waals surface area (Å²) in [6, 6.07) is 156. The van der Waals surface area contributed by atoms with Crippen molar-refractivity contribution in [3.63, 3.8) is 0 Å². The maximum absolute atomic E-state index is 2.48. The average molecular weight is 1810 g/mol. The number of fused-ring (bicyclic) bond motifs is 23. The fourth-order valence-corrected chi connectivity index (χ4v) is 22.0. The number of benzene rings is 20. The van der Waals surface area contributed by atoms with Gasteiger partial charge in [0.1, 0.15) is 0 Å². The summed E-state index contributed by atoms with van der Waals surface area (Å²) in [5.41, 5.74) is 43.1. The zero-order valence-electron chi connectivity index (χ0n) is 80.7. The van der Waals surface area contributed by atoms with Crippen LogP contribution in [-0.2, 0) is 96.3 Å². The van der Waals surface area contributed by atoms with E-state index in [1.165, 1.54) is 258 Å². The average Bonchev–Trinajstić information content (AvgIpc) is 1.74. The van der Waals surface area contributed by atoms with Crippen LogP contribution in [0.4, 0.5) is 0 Å². The van der Waals surface area contributed by atoms with E-state index in [1.54, 1.807) is 27.8 Å². The van der Waals surface area contributed by atoms with E-state index in [0.29, 0.717) is 5.92 Å². The summed E-state index contributed by atoms with van der Waals surface area (Å²) < 4.78 is 0. The van der Waals surface area contributed by atoms with Crippen LogP contribution in [0.2, 0.25) is 0 Å². The van der Waals surface area contributed by atoms with Crippen molar-refractivity contribution >= 4 is 78.2 Å². The molecule has 0 amide bonds. The van der Waals surface area contributed by atoms with Gasteiger partial charge < -0.3 is 0 Å². The van der Waals surface area contributed by atoms with E-state index in [4.69, 9.17) is 0 Å². The second kappa shape index (κ2) is 44.7. The van der Waals surface area contributed by atoms with Crippen LogP contribution in [0.1, 0.15) is 153 Å². The van der Waals surface area contributed by atoms with Gasteiger partial charge in [-0.2, -0.15) is 0 Å². The SMILES string of the molecule is C1=CC2C=CCC2=C1.C1=Cc2cc3c(cc2C1)C=CC3.C1=Cc2ccccc2Cc2ccccc21.c1c2c(cc3c1CCC3)CCC2.c1ccc2c(c1)CCc1ccccc1-2.c1ccc2c(c1)CCc1ccccc1C2.c1ccc2c(c1)Cc1ccccc1-2.c1ccc2c(c1)Cc1ccccc1C2.c1ccc2c(c1)ccc1ccccc12.c1ccc2cc3ccccc3cc2c1.c1ccc2ccccc2c1. The molecule has 11 aliphatic carbocycles. The summed E-state index contributed by atoms with van der Waals surface area (Å²) in [5.74, 6) is 0.676. The van der Waals surface area contributed by atoms with Crippen molar-refractivity contribution in [3.8, 4) is 22.3 Å². The molecule has 11 aliphatic rings. The highest BCUT2D eigenvalue weighted by molar-refractivity contribution is 6.07. The molecule has 0 N–H and O–H groups in total. The summed E-state index contributed by atoms with van der Waals surface area (Å²) in [4.78, 5) is 0.